The van der Waals surface area contributed by atoms with Crippen LogP contribution in [-0.4, -0.2) is 35.9 Å². The second-order valence-electron chi connectivity index (χ2n) is 7.25. The number of hydrogen-bond acceptors (Lipinski definition) is 6. The van der Waals surface area contributed by atoms with Crippen molar-refractivity contribution in [2.45, 2.75) is 19.6 Å². The number of benzene rings is 2. The summed E-state index contributed by atoms with van der Waals surface area (Å²) < 4.78 is 23.7. The van der Waals surface area contributed by atoms with Gasteiger partial charge in [0.1, 0.15) is 5.82 Å². The van der Waals surface area contributed by atoms with E-state index in [1.54, 1.807) is 24.4 Å². The first-order chi connectivity index (χ1) is 16.8. The molecule has 0 aliphatic carbocycles. The molecule has 0 fully saturated rings. The van der Waals surface area contributed by atoms with Gasteiger partial charge in [-0.05, 0) is 70.9 Å². The zero-order chi connectivity index (χ0) is 25.2. The van der Waals surface area contributed by atoms with Gasteiger partial charge >= 0.3 is 12.2 Å². The van der Waals surface area contributed by atoms with Crippen molar-refractivity contribution in [1.29, 1.82) is 0 Å². The Kier molecular flexibility index (Phi) is 9.13. The molecule has 1 unspecified atom stereocenters. The third kappa shape index (κ3) is 8.70. The maximum atomic E-state index is 12.9. The molecule has 11 heteroatoms. The number of nitrogens with one attached hydrogen (secondary N) is 3. The highest BCUT2D eigenvalue weighted by Gasteiger charge is 2.13. The number of halogens is 2. The molecule has 1 aromatic heterocycles. The topological polar surface area (TPSA) is 119 Å². The maximum absolute atomic E-state index is 12.9. The van der Waals surface area contributed by atoms with Gasteiger partial charge in [-0.3, -0.25) is 20.4 Å². The van der Waals surface area contributed by atoms with Crippen molar-refractivity contribution in [1.82, 2.24) is 10.3 Å². The van der Waals surface area contributed by atoms with Crippen molar-refractivity contribution < 1.29 is 28.2 Å². The normalized spacial score (nSPS) is 11.2. The van der Waals surface area contributed by atoms with Crippen molar-refractivity contribution in [2.24, 2.45) is 0 Å². The van der Waals surface area contributed by atoms with Gasteiger partial charge in [-0.1, -0.05) is 12.1 Å². The van der Waals surface area contributed by atoms with Gasteiger partial charge in [-0.2, -0.15) is 0 Å². The number of ether oxygens (including phenoxy) is 2. The van der Waals surface area contributed by atoms with E-state index < -0.39 is 24.2 Å². The van der Waals surface area contributed by atoms with Crippen molar-refractivity contribution in [3.05, 3.63) is 88.4 Å². The minimum absolute atomic E-state index is 0.0930. The number of alkyl carbamates (subject to hydrolysis) is 1. The molecule has 1 heterocycles. The van der Waals surface area contributed by atoms with E-state index >= 15 is 0 Å². The molecule has 3 amide bonds. The number of nitrogens with zero attached hydrogens (tertiary/aromatic N) is 1. The SMILES string of the molecule is CC(NC(=O)OCCc1ccc(NC(=O)c2cncc(Br)c2)cc1)OC(=O)Nc1ccc(F)cc1. The van der Waals surface area contributed by atoms with Crippen molar-refractivity contribution in [3.63, 3.8) is 0 Å². The quantitative estimate of drug-likeness (QED) is 0.339. The Labute approximate surface area is 209 Å². The van der Waals surface area contributed by atoms with Crippen LogP contribution in [0.5, 0.6) is 0 Å². The van der Waals surface area contributed by atoms with Crippen LogP contribution in [-0.2, 0) is 15.9 Å². The predicted molar refractivity (Wildman–Crippen MR) is 130 cm³/mol. The summed E-state index contributed by atoms with van der Waals surface area (Å²) in [5.74, 6) is -0.715. The summed E-state index contributed by atoms with van der Waals surface area (Å²) in [6.45, 7) is 1.55. The Morgan fingerprint density at radius 3 is 2.31 bits per heavy atom. The third-order valence-corrected chi connectivity index (χ3v) is 4.93. The molecule has 0 aliphatic heterocycles. The summed E-state index contributed by atoms with van der Waals surface area (Å²) in [6, 6.07) is 13.9. The van der Waals surface area contributed by atoms with Gasteiger partial charge in [-0.25, -0.2) is 14.0 Å². The highest BCUT2D eigenvalue weighted by molar-refractivity contribution is 9.10. The lowest BCUT2D eigenvalue weighted by atomic mass is 10.1. The predicted octanol–water partition coefficient (Wildman–Crippen LogP) is 5.10. The molecule has 3 aromatic rings. The van der Waals surface area contributed by atoms with Gasteiger partial charge in [0, 0.05) is 34.7 Å². The third-order valence-electron chi connectivity index (χ3n) is 4.50. The molecule has 0 bridgehead atoms. The van der Waals surface area contributed by atoms with E-state index in [1.807, 2.05) is 12.1 Å². The van der Waals surface area contributed by atoms with Crippen LogP contribution >= 0.6 is 15.9 Å². The molecular weight excluding hydrogens is 523 g/mol. The summed E-state index contributed by atoms with van der Waals surface area (Å²) in [5, 5.41) is 7.58. The Morgan fingerprint density at radius 2 is 1.63 bits per heavy atom. The van der Waals surface area contributed by atoms with E-state index in [2.05, 4.69) is 36.9 Å². The average molecular weight is 545 g/mol. The molecular formula is C24H22BrFN4O5. The Bertz CT molecular complexity index is 1180. The molecule has 35 heavy (non-hydrogen) atoms. The molecule has 9 nitrogen and oxygen atoms in total. The first-order valence-corrected chi connectivity index (χ1v) is 11.2. The Balaban J connectivity index is 1.36. The molecule has 0 radical (unpaired) electrons. The fourth-order valence-electron chi connectivity index (χ4n) is 2.83. The zero-order valence-corrected chi connectivity index (χ0v) is 20.2. The lowest BCUT2D eigenvalue weighted by Crippen LogP contribution is -2.37. The molecule has 0 saturated heterocycles. The molecule has 3 N–H and O–H groups in total. The minimum atomic E-state index is -0.953. The maximum Gasteiger partial charge on any atom is 0.413 e. The lowest BCUT2D eigenvalue weighted by molar-refractivity contribution is 0.0854. The van der Waals surface area contributed by atoms with E-state index in [4.69, 9.17) is 9.47 Å². The second kappa shape index (κ2) is 12.5. The summed E-state index contributed by atoms with van der Waals surface area (Å²) in [7, 11) is 0. The van der Waals surface area contributed by atoms with Crippen molar-refractivity contribution in [2.75, 3.05) is 17.2 Å². The molecule has 0 spiro atoms. The van der Waals surface area contributed by atoms with Crippen LogP contribution < -0.4 is 16.0 Å². The highest BCUT2D eigenvalue weighted by atomic mass is 79.9. The fourth-order valence-corrected chi connectivity index (χ4v) is 3.20. The standard InChI is InChI=1S/C24H22BrFN4O5/c1-15(35-24(33)30-21-8-4-19(26)5-9-21)28-23(32)34-11-10-16-2-6-20(7-3-16)29-22(31)17-12-18(25)14-27-13-17/h2-9,12-15H,10-11H2,1H3,(H,28,32)(H,29,31)(H,30,33). The number of hydrogen-bond donors (Lipinski definition) is 3. The molecule has 2 aromatic carbocycles. The molecule has 0 aliphatic rings. The Morgan fingerprint density at radius 1 is 0.971 bits per heavy atom. The highest BCUT2D eigenvalue weighted by Crippen LogP contribution is 2.14. The number of amides is 3. The van der Waals surface area contributed by atoms with Gasteiger partial charge in [0.05, 0.1) is 12.2 Å². The van der Waals surface area contributed by atoms with Gasteiger partial charge < -0.3 is 14.8 Å². The molecule has 0 saturated carbocycles. The smallest absolute Gasteiger partial charge is 0.413 e. The number of carbonyl (C=O) groups is 3. The number of pyridine rings is 1. The van der Waals surface area contributed by atoms with E-state index in [0.29, 0.717) is 27.8 Å². The van der Waals surface area contributed by atoms with Gasteiger partial charge in [0.25, 0.3) is 5.91 Å². The first-order valence-electron chi connectivity index (χ1n) is 10.5. The van der Waals surface area contributed by atoms with Crippen LogP contribution in [0.15, 0.2) is 71.5 Å². The summed E-state index contributed by atoms with van der Waals surface area (Å²) in [5.41, 5.74) is 2.28. The number of rotatable bonds is 8. The number of aromatic nitrogens is 1. The molecule has 182 valence electrons. The monoisotopic (exact) mass is 544 g/mol. The van der Waals surface area contributed by atoms with E-state index in [-0.39, 0.29) is 12.5 Å². The summed E-state index contributed by atoms with van der Waals surface area (Å²) in [4.78, 5) is 40.0. The Hall–Kier alpha value is -3.99. The van der Waals surface area contributed by atoms with Gasteiger partial charge in [0.15, 0.2) is 6.23 Å². The van der Waals surface area contributed by atoms with Crippen LogP contribution in [0.2, 0.25) is 0 Å². The van der Waals surface area contributed by atoms with Crippen LogP contribution in [0, 0.1) is 5.82 Å². The van der Waals surface area contributed by atoms with Crippen LogP contribution in [0.1, 0.15) is 22.8 Å². The van der Waals surface area contributed by atoms with Gasteiger partial charge in [-0.15, -0.1) is 0 Å². The van der Waals surface area contributed by atoms with Gasteiger partial charge in [0.2, 0.25) is 0 Å². The second-order valence-corrected chi connectivity index (χ2v) is 8.17. The summed E-state index contributed by atoms with van der Waals surface area (Å²) >= 11 is 3.28. The first kappa shape index (κ1) is 25.6. The number of carbonyl (C=O) groups excluding carboxylic acids is 3. The zero-order valence-electron chi connectivity index (χ0n) is 18.6. The van der Waals surface area contributed by atoms with Crippen molar-refractivity contribution in [3.8, 4) is 0 Å². The minimum Gasteiger partial charge on any atom is -0.449 e. The molecule has 3 rings (SSSR count). The van der Waals surface area contributed by atoms with Crippen LogP contribution in [0.25, 0.3) is 0 Å². The van der Waals surface area contributed by atoms with E-state index in [0.717, 1.165) is 5.56 Å². The largest absolute Gasteiger partial charge is 0.449 e. The summed E-state index contributed by atoms with van der Waals surface area (Å²) in [6.07, 6.45) is 0.991. The van der Waals surface area contributed by atoms with E-state index in [9.17, 15) is 18.8 Å². The number of anilines is 2. The van der Waals surface area contributed by atoms with Crippen LogP contribution in [0.4, 0.5) is 25.4 Å². The average Bonchev–Trinajstić information content (AvgIpc) is 2.81. The van der Waals surface area contributed by atoms with E-state index in [1.165, 1.54) is 37.4 Å². The van der Waals surface area contributed by atoms with Crippen molar-refractivity contribution >= 4 is 45.4 Å². The molecule has 1 atom stereocenters. The fraction of sp³-hybridized carbons (Fsp3) is 0.167. The lowest BCUT2D eigenvalue weighted by Gasteiger charge is -2.15. The van der Waals surface area contributed by atoms with Crippen LogP contribution in [0.3, 0.4) is 0 Å².